The number of ketones is 1. The van der Waals surface area contributed by atoms with Crippen molar-refractivity contribution < 1.29 is 19.1 Å². The zero-order valence-electron chi connectivity index (χ0n) is 14.9. The van der Waals surface area contributed by atoms with Crippen LogP contribution in [0.2, 0.25) is 0 Å². The molecular formula is C21H18N2O4. The van der Waals surface area contributed by atoms with Gasteiger partial charge in [0.2, 0.25) is 0 Å². The molecule has 6 nitrogen and oxygen atoms in total. The number of carbonyl (C=O) groups excluding carboxylic acids is 3. The first kappa shape index (κ1) is 19.6. The van der Waals surface area contributed by atoms with Crippen LogP contribution in [0.25, 0.3) is 6.08 Å². The van der Waals surface area contributed by atoms with E-state index >= 15 is 0 Å². The van der Waals surface area contributed by atoms with Crippen molar-refractivity contribution in [2.24, 2.45) is 0 Å². The number of Topliss-reactive ketones (excluding diaryl/α,β-unsaturated/α-hetero) is 1. The van der Waals surface area contributed by atoms with Crippen molar-refractivity contribution in [2.45, 2.75) is 20.0 Å². The Bertz CT molecular complexity index is 907. The number of hydrogen-bond donors (Lipinski definition) is 1. The van der Waals surface area contributed by atoms with E-state index in [0.29, 0.717) is 16.8 Å². The van der Waals surface area contributed by atoms with Crippen LogP contribution in [0.4, 0.5) is 5.69 Å². The zero-order valence-corrected chi connectivity index (χ0v) is 14.9. The Hall–Kier alpha value is -3.72. The monoisotopic (exact) mass is 362 g/mol. The third kappa shape index (κ3) is 5.94. The minimum absolute atomic E-state index is 0.0655. The van der Waals surface area contributed by atoms with Crippen LogP contribution in [0.1, 0.15) is 35.3 Å². The van der Waals surface area contributed by atoms with E-state index in [4.69, 9.17) is 10.00 Å². The van der Waals surface area contributed by atoms with Gasteiger partial charge in [-0.15, -0.1) is 0 Å². The van der Waals surface area contributed by atoms with E-state index < -0.39 is 18.0 Å². The second kappa shape index (κ2) is 9.11. The predicted molar refractivity (Wildman–Crippen MR) is 101 cm³/mol. The summed E-state index contributed by atoms with van der Waals surface area (Å²) in [6, 6.07) is 15.1. The van der Waals surface area contributed by atoms with E-state index in [1.165, 1.54) is 26.0 Å². The van der Waals surface area contributed by atoms with Crippen molar-refractivity contribution >= 4 is 29.4 Å². The SMILES string of the molecule is CC(=O)c1ccc(NC(=O)[C@H](C)OC(=O)/C=C/c2ccc(C#N)cc2)cc1. The molecule has 2 aromatic carbocycles. The summed E-state index contributed by atoms with van der Waals surface area (Å²) in [6.45, 7) is 2.92. The predicted octanol–water partition coefficient (Wildman–Crippen LogP) is 3.34. The summed E-state index contributed by atoms with van der Waals surface area (Å²) in [6.07, 6.45) is 1.76. The summed E-state index contributed by atoms with van der Waals surface area (Å²) in [5.41, 5.74) is 2.30. The van der Waals surface area contributed by atoms with Gasteiger partial charge in [-0.2, -0.15) is 5.26 Å². The molecule has 1 amide bonds. The highest BCUT2D eigenvalue weighted by Crippen LogP contribution is 2.11. The maximum atomic E-state index is 12.1. The van der Waals surface area contributed by atoms with Gasteiger partial charge in [0, 0.05) is 17.3 Å². The molecule has 0 heterocycles. The highest BCUT2D eigenvalue weighted by molar-refractivity contribution is 5.98. The summed E-state index contributed by atoms with van der Waals surface area (Å²) in [4.78, 5) is 35.2. The largest absolute Gasteiger partial charge is 0.449 e. The summed E-state index contributed by atoms with van der Waals surface area (Å²) in [5.74, 6) is -1.20. The molecule has 0 radical (unpaired) electrons. The van der Waals surface area contributed by atoms with E-state index in [1.807, 2.05) is 6.07 Å². The number of rotatable bonds is 6. The highest BCUT2D eigenvalue weighted by atomic mass is 16.5. The van der Waals surface area contributed by atoms with Crippen molar-refractivity contribution in [1.29, 1.82) is 5.26 Å². The average Bonchev–Trinajstić information content (AvgIpc) is 2.67. The minimum Gasteiger partial charge on any atom is -0.449 e. The Kier molecular flexibility index (Phi) is 6.61. The molecule has 0 fully saturated rings. The van der Waals surface area contributed by atoms with Gasteiger partial charge >= 0.3 is 5.97 Å². The van der Waals surface area contributed by atoms with Crippen LogP contribution < -0.4 is 5.32 Å². The first-order chi connectivity index (χ1) is 12.9. The lowest BCUT2D eigenvalue weighted by Crippen LogP contribution is -2.29. The maximum Gasteiger partial charge on any atom is 0.331 e. The van der Waals surface area contributed by atoms with Crippen LogP contribution in [-0.4, -0.2) is 23.8 Å². The standard InChI is InChI=1S/C21H18N2O4/c1-14(24)18-8-10-19(11-9-18)23-21(26)15(2)27-20(25)12-7-16-3-5-17(13-22)6-4-16/h3-12,15H,1-2H3,(H,23,26)/b12-7+/t15-/m0/s1. The van der Waals surface area contributed by atoms with E-state index in [0.717, 1.165) is 5.56 Å². The molecule has 0 aliphatic heterocycles. The van der Waals surface area contributed by atoms with Crippen molar-refractivity contribution in [3.8, 4) is 6.07 Å². The van der Waals surface area contributed by atoms with Gasteiger partial charge in [-0.3, -0.25) is 9.59 Å². The second-order valence-corrected chi connectivity index (χ2v) is 5.77. The summed E-state index contributed by atoms with van der Waals surface area (Å²) in [5, 5.41) is 11.4. The molecule has 0 spiro atoms. The van der Waals surface area contributed by atoms with Crippen LogP contribution >= 0.6 is 0 Å². The van der Waals surface area contributed by atoms with Gasteiger partial charge in [-0.25, -0.2) is 4.79 Å². The molecule has 6 heteroatoms. The third-order valence-electron chi connectivity index (χ3n) is 3.67. The molecular weight excluding hydrogens is 344 g/mol. The Balaban J connectivity index is 1.88. The highest BCUT2D eigenvalue weighted by Gasteiger charge is 2.16. The number of hydrogen-bond acceptors (Lipinski definition) is 5. The summed E-state index contributed by atoms with van der Waals surface area (Å²) in [7, 11) is 0. The minimum atomic E-state index is -0.990. The maximum absolute atomic E-state index is 12.1. The van der Waals surface area contributed by atoms with Crippen LogP contribution in [0.15, 0.2) is 54.6 Å². The van der Waals surface area contributed by atoms with Crippen LogP contribution in [0.5, 0.6) is 0 Å². The molecule has 0 aliphatic carbocycles. The fourth-order valence-electron chi connectivity index (χ4n) is 2.13. The molecule has 2 aromatic rings. The number of ether oxygens (including phenoxy) is 1. The smallest absolute Gasteiger partial charge is 0.331 e. The first-order valence-corrected chi connectivity index (χ1v) is 8.20. The molecule has 27 heavy (non-hydrogen) atoms. The molecule has 0 aliphatic rings. The van der Waals surface area contributed by atoms with Crippen molar-refractivity contribution in [2.75, 3.05) is 5.32 Å². The lowest BCUT2D eigenvalue weighted by atomic mass is 10.1. The van der Waals surface area contributed by atoms with E-state index in [9.17, 15) is 14.4 Å². The van der Waals surface area contributed by atoms with Gasteiger partial charge in [0.25, 0.3) is 5.91 Å². The molecule has 0 bridgehead atoms. The van der Waals surface area contributed by atoms with E-state index in [1.54, 1.807) is 48.5 Å². The van der Waals surface area contributed by atoms with Crippen molar-refractivity contribution in [3.63, 3.8) is 0 Å². The molecule has 1 N–H and O–H groups in total. The quantitative estimate of drug-likeness (QED) is 0.483. The van der Waals surface area contributed by atoms with Crippen molar-refractivity contribution in [3.05, 3.63) is 71.3 Å². The number of amides is 1. The fourth-order valence-corrected chi connectivity index (χ4v) is 2.13. The number of nitriles is 1. The molecule has 0 saturated heterocycles. The number of nitrogens with one attached hydrogen (secondary N) is 1. The topological polar surface area (TPSA) is 96.3 Å². The number of nitrogens with zero attached hydrogens (tertiary/aromatic N) is 1. The van der Waals surface area contributed by atoms with Gasteiger partial charge in [-0.05, 0) is 61.9 Å². The van der Waals surface area contributed by atoms with Gasteiger partial charge in [0.15, 0.2) is 11.9 Å². The summed E-state index contributed by atoms with van der Waals surface area (Å²) < 4.78 is 5.07. The normalized spacial score (nSPS) is 11.4. The third-order valence-corrected chi connectivity index (χ3v) is 3.67. The van der Waals surface area contributed by atoms with Gasteiger partial charge < -0.3 is 10.1 Å². The van der Waals surface area contributed by atoms with Crippen molar-refractivity contribution in [1.82, 2.24) is 0 Å². The molecule has 136 valence electrons. The Morgan fingerprint density at radius 1 is 1.07 bits per heavy atom. The van der Waals surface area contributed by atoms with E-state index in [-0.39, 0.29) is 5.78 Å². The van der Waals surface area contributed by atoms with E-state index in [2.05, 4.69) is 5.32 Å². The lowest BCUT2D eigenvalue weighted by Gasteiger charge is -2.12. The molecule has 2 rings (SSSR count). The first-order valence-electron chi connectivity index (χ1n) is 8.20. The Morgan fingerprint density at radius 3 is 2.26 bits per heavy atom. The number of carbonyl (C=O) groups is 3. The molecule has 1 atom stereocenters. The molecule has 0 unspecified atom stereocenters. The fraction of sp³-hybridized carbons (Fsp3) is 0.143. The van der Waals surface area contributed by atoms with Gasteiger partial charge in [0.05, 0.1) is 11.6 Å². The molecule has 0 saturated carbocycles. The van der Waals surface area contributed by atoms with Crippen LogP contribution in [0.3, 0.4) is 0 Å². The zero-order chi connectivity index (χ0) is 19.8. The summed E-state index contributed by atoms with van der Waals surface area (Å²) >= 11 is 0. The number of benzene rings is 2. The Labute approximate surface area is 157 Å². The molecule has 0 aromatic heterocycles. The van der Waals surface area contributed by atoms with Crippen LogP contribution in [0, 0.1) is 11.3 Å². The Morgan fingerprint density at radius 2 is 1.70 bits per heavy atom. The van der Waals surface area contributed by atoms with Crippen LogP contribution in [-0.2, 0) is 14.3 Å². The number of anilines is 1. The second-order valence-electron chi connectivity index (χ2n) is 5.77. The lowest BCUT2D eigenvalue weighted by molar-refractivity contribution is -0.148. The van der Waals surface area contributed by atoms with Gasteiger partial charge in [0.1, 0.15) is 0 Å². The number of esters is 1. The van der Waals surface area contributed by atoms with Gasteiger partial charge in [-0.1, -0.05) is 12.1 Å². The average molecular weight is 362 g/mol.